The first kappa shape index (κ1) is 13.0. The maximum Gasteiger partial charge on any atom is 0.0536 e. The van der Waals surface area contributed by atoms with Crippen LogP contribution in [-0.4, -0.2) is 14.7 Å². The molecule has 2 bridgehead atoms. The molecule has 0 aliphatic carbocycles. The van der Waals surface area contributed by atoms with E-state index >= 15 is 0 Å². The average Bonchev–Trinajstić information content (AvgIpc) is 2.77. The fourth-order valence-electron chi connectivity index (χ4n) is 3.53. The zero-order valence-electron chi connectivity index (χ0n) is 11.9. The summed E-state index contributed by atoms with van der Waals surface area (Å²) < 4.78 is 12.2. The molecule has 4 rings (SSSR count). The summed E-state index contributed by atoms with van der Waals surface area (Å²) in [6, 6.07) is 19.2. The van der Waals surface area contributed by atoms with Gasteiger partial charge in [-0.05, 0) is 41.5 Å². The molecule has 0 spiro atoms. The highest BCUT2D eigenvalue weighted by Gasteiger charge is 2.36. The van der Waals surface area contributed by atoms with Gasteiger partial charge in [0.15, 0.2) is 0 Å². The first-order chi connectivity index (χ1) is 10.3. The summed E-state index contributed by atoms with van der Waals surface area (Å²) in [6.07, 6.45) is 5.45. The second-order valence-corrected chi connectivity index (χ2v) is 7.80. The van der Waals surface area contributed by atoms with Crippen molar-refractivity contribution in [2.75, 3.05) is 0 Å². The van der Waals surface area contributed by atoms with Gasteiger partial charge < -0.3 is 0 Å². The molecule has 0 amide bonds. The Morgan fingerprint density at radius 1 is 0.857 bits per heavy atom. The fourth-order valence-corrected chi connectivity index (χ4v) is 5.41. The minimum Gasteiger partial charge on any atom is -0.259 e. The lowest BCUT2D eigenvalue weighted by Gasteiger charge is -2.21. The van der Waals surface area contributed by atoms with E-state index in [-0.39, 0.29) is 5.25 Å². The van der Waals surface area contributed by atoms with Gasteiger partial charge in [0.05, 0.1) is 5.25 Å². The normalized spacial score (nSPS) is 27.4. The molecule has 21 heavy (non-hydrogen) atoms. The number of allylic oxidation sites excluding steroid dienone is 1. The molecule has 3 atom stereocenters. The van der Waals surface area contributed by atoms with E-state index in [0.717, 1.165) is 19.3 Å². The molecule has 2 aromatic carbocycles. The first-order valence-electron chi connectivity index (χ1n) is 7.58. The van der Waals surface area contributed by atoms with Crippen LogP contribution >= 0.6 is 0 Å². The van der Waals surface area contributed by atoms with E-state index in [1.165, 1.54) is 22.3 Å². The van der Waals surface area contributed by atoms with Crippen molar-refractivity contribution in [2.24, 2.45) is 0 Å². The van der Waals surface area contributed by atoms with Gasteiger partial charge in [0, 0.05) is 16.0 Å². The van der Waals surface area contributed by atoms with Crippen molar-refractivity contribution >= 4 is 16.4 Å². The lowest BCUT2D eigenvalue weighted by atomic mass is 9.92. The van der Waals surface area contributed by atoms with E-state index in [2.05, 4.69) is 60.7 Å². The summed E-state index contributed by atoms with van der Waals surface area (Å²) >= 11 is 0. The molecule has 2 heteroatoms. The summed E-state index contributed by atoms with van der Waals surface area (Å²) in [6.45, 7) is 0. The van der Waals surface area contributed by atoms with Crippen molar-refractivity contribution in [1.82, 2.24) is 0 Å². The molecule has 2 aliphatic rings. The topological polar surface area (TPSA) is 17.1 Å². The van der Waals surface area contributed by atoms with Crippen molar-refractivity contribution in [3.8, 4) is 11.1 Å². The fraction of sp³-hybridized carbons (Fsp3) is 0.263. The van der Waals surface area contributed by atoms with Crippen molar-refractivity contribution in [3.05, 3.63) is 66.2 Å². The van der Waals surface area contributed by atoms with E-state index in [9.17, 15) is 4.21 Å². The summed E-state index contributed by atoms with van der Waals surface area (Å²) in [5.74, 6) is 0. The van der Waals surface area contributed by atoms with E-state index in [1.807, 2.05) is 0 Å². The predicted octanol–water partition coefficient (Wildman–Crippen LogP) is 4.42. The van der Waals surface area contributed by atoms with Gasteiger partial charge in [-0.15, -0.1) is 0 Å². The smallest absolute Gasteiger partial charge is 0.0536 e. The second-order valence-electron chi connectivity index (χ2n) is 5.87. The molecule has 1 nitrogen and oxygen atoms in total. The molecule has 2 aliphatic heterocycles. The van der Waals surface area contributed by atoms with E-state index in [4.69, 9.17) is 0 Å². The summed E-state index contributed by atoms with van der Waals surface area (Å²) in [5, 5.41) is 0.654. The van der Waals surface area contributed by atoms with Crippen LogP contribution in [0.3, 0.4) is 0 Å². The van der Waals surface area contributed by atoms with Crippen LogP contribution in [0.15, 0.2) is 60.7 Å². The van der Waals surface area contributed by atoms with Gasteiger partial charge in [-0.25, -0.2) is 0 Å². The molecule has 0 N–H and O–H groups in total. The van der Waals surface area contributed by atoms with Crippen LogP contribution in [-0.2, 0) is 10.8 Å². The van der Waals surface area contributed by atoms with Gasteiger partial charge in [-0.2, -0.15) is 0 Å². The van der Waals surface area contributed by atoms with Crippen molar-refractivity contribution in [1.29, 1.82) is 0 Å². The van der Waals surface area contributed by atoms with Crippen LogP contribution < -0.4 is 0 Å². The molecule has 1 saturated heterocycles. The largest absolute Gasteiger partial charge is 0.259 e. The lowest BCUT2D eigenvalue weighted by molar-refractivity contribution is 0.674. The number of fused-ring (bicyclic) bond motifs is 2. The Morgan fingerprint density at radius 3 is 2.33 bits per heavy atom. The molecule has 3 unspecified atom stereocenters. The zero-order valence-corrected chi connectivity index (χ0v) is 12.7. The van der Waals surface area contributed by atoms with Gasteiger partial charge in [-0.1, -0.05) is 60.7 Å². The molecule has 2 aromatic rings. The SMILES string of the molecule is O=S1C2C=C(c3ccccc3-c3ccccc3)CC1CC2. The molecular formula is C19H18OS. The van der Waals surface area contributed by atoms with Crippen molar-refractivity contribution in [2.45, 2.75) is 29.8 Å². The molecule has 0 saturated carbocycles. The highest BCUT2D eigenvalue weighted by Crippen LogP contribution is 2.41. The van der Waals surface area contributed by atoms with Crippen LogP contribution in [0, 0.1) is 0 Å². The number of hydrogen-bond donors (Lipinski definition) is 0. The Kier molecular flexibility index (Phi) is 3.27. The number of benzene rings is 2. The maximum atomic E-state index is 12.2. The average molecular weight is 294 g/mol. The Bertz CT molecular complexity index is 717. The molecular weight excluding hydrogens is 276 g/mol. The highest BCUT2D eigenvalue weighted by molar-refractivity contribution is 7.86. The van der Waals surface area contributed by atoms with E-state index < -0.39 is 10.8 Å². The molecule has 0 aromatic heterocycles. The Balaban J connectivity index is 1.80. The van der Waals surface area contributed by atoms with Gasteiger partial charge in [-0.3, -0.25) is 4.21 Å². The third-order valence-electron chi connectivity index (χ3n) is 4.59. The van der Waals surface area contributed by atoms with Crippen LogP contribution in [0.2, 0.25) is 0 Å². The van der Waals surface area contributed by atoms with Crippen LogP contribution in [0.25, 0.3) is 16.7 Å². The van der Waals surface area contributed by atoms with Gasteiger partial charge in [0.1, 0.15) is 0 Å². The lowest BCUT2D eigenvalue weighted by Crippen LogP contribution is -2.19. The highest BCUT2D eigenvalue weighted by atomic mass is 32.2. The standard InChI is InChI=1S/C19H18OS/c20-21-16-10-11-17(21)13-15(12-16)19-9-5-4-8-18(19)14-6-2-1-3-7-14/h1-9,12,16-17H,10-11,13H2. The number of rotatable bonds is 2. The van der Waals surface area contributed by atoms with Crippen LogP contribution in [0.4, 0.5) is 0 Å². The Morgan fingerprint density at radius 2 is 1.57 bits per heavy atom. The van der Waals surface area contributed by atoms with Crippen LogP contribution in [0.1, 0.15) is 24.8 Å². The van der Waals surface area contributed by atoms with Gasteiger partial charge >= 0.3 is 0 Å². The van der Waals surface area contributed by atoms with Crippen molar-refractivity contribution < 1.29 is 4.21 Å². The van der Waals surface area contributed by atoms with Gasteiger partial charge in [0.25, 0.3) is 0 Å². The van der Waals surface area contributed by atoms with E-state index in [0.29, 0.717) is 5.25 Å². The van der Waals surface area contributed by atoms with Gasteiger partial charge in [0.2, 0.25) is 0 Å². The summed E-state index contributed by atoms with van der Waals surface area (Å²) in [7, 11) is -0.641. The summed E-state index contributed by atoms with van der Waals surface area (Å²) in [4.78, 5) is 0. The van der Waals surface area contributed by atoms with Crippen LogP contribution in [0.5, 0.6) is 0 Å². The van der Waals surface area contributed by atoms with Crippen molar-refractivity contribution in [3.63, 3.8) is 0 Å². The minimum absolute atomic E-state index is 0.280. The van der Waals surface area contributed by atoms with E-state index in [1.54, 1.807) is 0 Å². The minimum atomic E-state index is -0.641. The molecule has 0 radical (unpaired) electrons. The molecule has 2 heterocycles. The number of hydrogen-bond acceptors (Lipinski definition) is 1. The third kappa shape index (κ3) is 2.28. The first-order valence-corrected chi connectivity index (χ1v) is 8.85. The monoisotopic (exact) mass is 294 g/mol. The predicted molar refractivity (Wildman–Crippen MR) is 89.4 cm³/mol. The summed E-state index contributed by atoms with van der Waals surface area (Å²) in [5.41, 5.74) is 5.25. The maximum absolute atomic E-state index is 12.2. The quantitative estimate of drug-likeness (QED) is 0.801. The second kappa shape index (κ2) is 5.27. The zero-order chi connectivity index (χ0) is 14.2. The molecule has 1 fully saturated rings. The Labute approximate surface area is 128 Å². The third-order valence-corrected chi connectivity index (χ3v) is 6.62. The molecule has 106 valence electrons. The Hall–Kier alpha value is -1.67.